The number of nitrogens with one attached hydrogen (secondary N) is 3. The van der Waals surface area contributed by atoms with Gasteiger partial charge in [-0.15, -0.1) is 0 Å². The normalized spacial score (nSPS) is 11.4. The number of hydrogen-bond acceptors (Lipinski definition) is 5. The number of pyridine rings is 3. The minimum absolute atomic E-state index is 0.754. The molecule has 0 bridgehead atoms. The summed E-state index contributed by atoms with van der Waals surface area (Å²) in [5, 5.41) is 15.4. The topological polar surface area (TPSA) is 112 Å². The summed E-state index contributed by atoms with van der Waals surface area (Å²) < 4.78 is 0. The first kappa shape index (κ1) is 15.7. The Morgan fingerprint density at radius 2 is 1.83 bits per heavy atom. The fraction of sp³-hybridized carbons (Fsp3) is 0. The lowest BCUT2D eigenvalue weighted by molar-refractivity contribution is 1.09. The Bertz CT molecular complexity index is 1440. The molecule has 6 heterocycles. The summed E-state index contributed by atoms with van der Waals surface area (Å²) in [6.07, 6.45) is 8.95. The first-order valence-electron chi connectivity index (χ1n) is 9.09. The van der Waals surface area contributed by atoms with Crippen LogP contribution in [0.4, 0.5) is 0 Å². The zero-order chi connectivity index (χ0) is 19.2. The van der Waals surface area contributed by atoms with Crippen LogP contribution in [0.1, 0.15) is 0 Å². The summed E-state index contributed by atoms with van der Waals surface area (Å²) in [6, 6.07) is 12.0. The van der Waals surface area contributed by atoms with Gasteiger partial charge in [-0.05, 0) is 47.5 Å². The molecular weight excluding hydrogens is 364 g/mol. The van der Waals surface area contributed by atoms with Crippen molar-refractivity contribution in [3.05, 3.63) is 67.4 Å². The van der Waals surface area contributed by atoms with Gasteiger partial charge in [0, 0.05) is 35.7 Å². The van der Waals surface area contributed by atoms with E-state index < -0.39 is 0 Å². The van der Waals surface area contributed by atoms with E-state index in [4.69, 9.17) is 4.98 Å². The number of hydrogen-bond donors (Lipinski definition) is 3. The van der Waals surface area contributed by atoms with Crippen LogP contribution >= 0.6 is 0 Å². The summed E-state index contributed by atoms with van der Waals surface area (Å²) in [5.41, 5.74) is 8.02. The summed E-state index contributed by atoms with van der Waals surface area (Å²) in [6.45, 7) is 0. The molecule has 3 N–H and O–H groups in total. The van der Waals surface area contributed by atoms with E-state index in [1.165, 1.54) is 0 Å². The predicted octanol–water partition coefficient (Wildman–Crippen LogP) is 3.95. The molecule has 6 rings (SSSR count). The lowest BCUT2D eigenvalue weighted by Crippen LogP contribution is -1.84. The molecule has 0 fully saturated rings. The molecule has 138 valence electrons. The highest BCUT2D eigenvalue weighted by Gasteiger charge is 2.16. The molecule has 0 amide bonds. The van der Waals surface area contributed by atoms with Crippen LogP contribution in [0.15, 0.2) is 67.4 Å². The Morgan fingerprint density at radius 3 is 2.69 bits per heavy atom. The van der Waals surface area contributed by atoms with Crippen molar-refractivity contribution in [2.75, 3.05) is 0 Å². The molecule has 6 aromatic rings. The van der Waals surface area contributed by atoms with Crippen LogP contribution in [0.5, 0.6) is 0 Å². The average molecular weight is 378 g/mol. The maximum absolute atomic E-state index is 4.80. The van der Waals surface area contributed by atoms with E-state index in [0.29, 0.717) is 0 Å². The van der Waals surface area contributed by atoms with E-state index in [1.54, 1.807) is 24.8 Å². The first-order valence-corrected chi connectivity index (χ1v) is 9.09. The van der Waals surface area contributed by atoms with Crippen molar-refractivity contribution in [1.82, 2.24) is 40.3 Å². The van der Waals surface area contributed by atoms with Crippen LogP contribution < -0.4 is 0 Å². The third-order valence-electron chi connectivity index (χ3n) is 4.98. The molecule has 0 spiro atoms. The van der Waals surface area contributed by atoms with Gasteiger partial charge in [-0.25, -0.2) is 9.97 Å². The molecule has 0 aliphatic heterocycles. The van der Waals surface area contributed by atoms with Gasteiger partial charge in [0.25, 0.3) is 0 Å². The Hall–Kier alpha value is -4.33. The van der Waals surface area contributed by atoms with Gasteiger partial charge >= 0.3 is 0 Å². The highest BCUT2D eigenvalue weighted by molar-refractivity contribution is 5.98. The smallest absolute Gasteiger partial charge is 0.138 e. The summed E-state index contributed by atoms with van der Waals surface area (Å²) >= 11 is 0. The van der Waals surface area contributed by atoms with Crippen molar-refractivity contribution < 1.29 is 0 Å². The Kier molecular flexibility index (Phi) is 3.30. The molecule has 0 aromatic carbocycles. The van der Waals surface area contributed by atoms with Gasteiger partial charge in [-0.2, -0.15) is 10.2 Å². The molecule has 0 saturated heterocycles. The fourth-order valence-electron chi connectivity index (χ4n) is 3.58. The molecule has 6 aromatic heterocycles. The van der Waals surface area contributed by atoms with Crippen molar-refractivity contribution in [3.8, 4) is 33.8 Å². The van der Waals surface area contributed by atoms with Crippen LogP contribution in [0, 0.1) is 0 Å². The molecule has 8 heteroatoms. The van der Waals surface area contributed by atoms with E-state index >= 15 is 0 Å². The maximum atomic E-state index is 4.80. The molecule has 29 heavy (non-hydrogen) atoms. The minimum atomic E-state index is 0.754. The van der Waals surface area contributed by atoms with Crippen LogP contribution in [0.3, 0.4) is 0 Å². The quantitative estimate of drug-likeness (QED) is 0.432. The zero-order valence-electron chi connectivity index (χ0n) is 15.1. The van der Waals surface area contributed by atoms with Crippen LogP contribution in [-0.4, -0.2) is 40.3 Å². The lowest BCUT2D eigenvalue weighted by atomic mass is 10.1. The van der Waals surface area contributed by atoms with Crippen molar-refractivity contribution in [3.63, 3.8) is 0 Å². The molecule has 0 radical (unpaired) electrons. The number of nitrogens with zero attached hydrogens (tertiary/aromatic N) is 5. The highest BCUT2D eigenvalue weighted by atomic mass is 15.1. The van der Waals surface area contributed by atoms with Crippen LogP contribution in [-0.2, 0) is 0 Å². The van der Waals surface area contributed by atoms with Crippen LogP contribution in [0.2, 0.25) is 0 Å². The number of fused-ring (bicyclic) bond motifs is 2. The number of aromatic nitrogens is 8. The second-order valence-corrected chi connectivity index (χ2v) is 6.69. The first-order chi connectivity index (χ1) is 14.4. The fourth-order valence-corrected chi connectivity index (χ4v) is 3.58. The van der Waals surface area contributed by atoms with E-state index in [9.17, 15) is 0 Å². The zero-order valence-corrected chi connectivity index (χ0v) is 15.1. The summed E-state index contributed by atoms with van der Waals surface area (Å²) in [7, 11) is 0. The van der Waals surface area contributed by atoms with Crippen LogP contribution in [0.25, 0.3) is 55.8 Å². The van der Waals surface area contributed by atoms with Crippen molar-refractivity contribution >= 4 is 22.1 Å². The SMILES string of the molecule is c1cc(-c2ccnc3[nH]c(-c4n[nH]c5ccc(-c6cn[nH]c6)nc45)cc23)ccn1. The van der Waals surface area contributed by atoms with Crippen molar-refractivity contribution in [1.29, 1.82) is 0 Å². The van der Waals surface area contributed by atoms with E-state index in [1.807, 2.05) is 36.5 Å². The number of rotatable bonds is 3. The monoisotopic (exact) mass is 378 g/mol. The number of H-pyrrole nitrogens is 3. The summed E-state index contributed by atoms with van der Waals surface area (Å²) in [4.78, 5) is 16.8. The largest absolute Gasteiger partial charge is 0.338 e. The van der Waals surface area contributed by atoms with E-state index in [-0.39, 0.29) is 0 Å². The second kappa shape index (κ2) is 6.10. The molecule has 0 unspecified atom stereocenters. The Morgan fingerprint density at radius 1 is 0.897 bits per heavy atom. The predicted molar refractivity (Wildman–Crippen MR) is 110 cm³/mol. The third kappa shape index (κ3) is 2.50. The standard InChI is InChI=1S/C21H14N8/c1-2-17-19(26-16(1)13-10-24-25-11-13)20(29-28-17)18-9-15-14(5-8-23-21(15)27-18)12-3-6-22-7-4-12/h1-11H,(H,23,27)(H,24,25)(H,28,29). The molecule has 0 aliphatic carbocycles. The Balaban J connectivity index is 1.54. The molecule has 0 saturated carbocycles. The molecule has 8 nitrogen and oxygen atoms in total. The molecule has 0 atom stereocenters. The van der Waals surface area contributed by atoms with Gasteiger partial charge in [0.1, 0.15) is 16.9 Å². The third-order valence-corrected chi connectivity index (χ3v) is 4.98. The van der Waals surface area contributed by atoms with Gasteiger partial charge in [0.2, 0.25) is 0 Å². The van der Waals surface area contributed by atoms with Gasteiger partial charge in [0.05, 0.1) is 23.1 Å². The molecule has 0 aliphatic rings. The maximum Gasteiger partial charge on any atom is 0.138 e. The lowest BCUT2D eigenvalue weighted by Gasteiger charge is -2.01. The number of aromatic amines is 3. The summed E-state index contributed by atoms with van der Waals surface area (Å²) in [5.74, 6) is 0. The van der Waals surface area contributed by atoms with E-state index in [0.717, 1.165) is 55.8 Å². The van der Waals surface area contributed by atoms with Gasteiger partial charge < -0.3 is 4.98 Å². The van der Waals surface area contributed by atoms with Crippen molar-refractivity contribution in [2.24, 2.45) is 0 Å². The highest BCUT2D eigenvalue weighted by Crippen LogP contribution is 2.33. The van der Waals surface area contributed by atoms with Gasteiger partial charge in [0.15, 0.2) is 0 Å². The van der Waals surface area contributed by atoms with Gasteiger partial charge in [-0.3, -0.25) is 15.2 Å². The molecular formula is C21H14N8. The second-order valence-electron chi connectivity index (χ2n) is 6.69. The Labute approximate surface area is 164 Å². The minimum Gasteiger partial charge on any atom is -0.338 e. The van der Waals surface area contributed by atoms with E-state index in [2.05, 4.69) is 41.4 Å². The average Bonchev–Trinajstić information content (AvgIpc) is 3.52. The van der Waals surface area contributed by atoms with Gasteiger partial charge in [-0.1, -0.05) is 0 Å². The van der Waals surface area contributed by atoms with Crippen molar-refractivity contribution in [2.45, 2.75) is 0 Å².